The molecule has 13 heavy (non-hydrogen) atoms. The summed E-state index contributed by atoms with van der Waals surface area (Å²) in [4.78, 5) is 11.6. The number of alkyl halides is 1. The molecule has 0 N–H and O–H groups in total. The zero-order valence-electron chi connectivity index (χ0n) is 7.29. The van der Waals surface area contributed by atoms with Gasteiger partial charge in [0, 0.05) is 5.56 Å². The van der Waals surface area contributed by atoms with Crippen LogP contribution in [0.15, 0.2) is 24.3 Å². The zero-order chi connectivity index (χ0) is 9.26. The molecule has 2 rings (SSSR count). The predicted molar refractivity (Wildman–Crippen MR) is 48.6 cm³/mol. The number of carbonyl (C=O) groups excluding carboxylic acids is 1. The number of ketones is 1. The van der Waals surface area contributed by atoms with E-state index < -0.39 is 12.6 Å². The van der Waals surface area contributed by atoms with Crippen molar-refractivity contribution in [2.24, 2.45) is 5.92 Å². The summed E-state index contributed by atoms with van der Waals surface area (Å²) in [7, 11) is 0. The van der Waals surface area contributed by atoms with Crippen molar-refractivity contribution in [1.82, 2.24) is 0 Å². The molecule has 1 aliphatic rings. The van der Waals surface area contributed by atoms with Gasteiger partial charge in [0.15, 0.2) is 5.78 Å². The van der Waals surface area contributed by atoms with Gasteiger partial charge in [-0.05, 0) is 18.4 Å². The number of aryl methyl sites for hydroxylation is 1. The molecule has 0 aromatic heterocycles. The van der Waals surface area contributed by atoms with Gasteiger partial charge < -0.3 is 0 Å². The van der Waals surface area contributed by atoms with E-state index in [2.05, 4.69) is 0 Å². The first kappa shape index (κ1) is 8.42. The van der Waals surface area contributed by atoms with Gasteiger partial charge in [-0.25, -0.2) is 0 Å². The van der Waals surface area contributed by atoms with Crippen LogP contribution in [0.4, 0.5) is 4.39 Å². The van der Waals surface area contributed by atoms with Gasteiger partial charge in [0.2, 0.25) is 0 Å². The van der Waals surface area contributed by atoms with Crippen molar-refractivity contribution >= 4 is 5.78 Å². The molecule has 0 aliphatic heterocycles. The van der Waals surface area contributed by atoms with Gasteiger partial charge in [-0.3, -0.25) is 9.18 Å². The maximum Gasteiger partial charge on any atom is 0.168 e. The highest BCUT2D eigenvalue weighted by atomic mass is 19.1. The molecule has 68 valence electrons. The zero-order valence-corrected chi connectivity index (χ0v) is 7.29. The smallest absolute Gasteiger partial charge is 0.168 e. The average molecular weight is 178 g/mol. The van der Waals surface area contributed by atoms with Crippen LogP contribution in [0, 0.1) is 5.92 Å². The lowest BCUT2D eigenvalue weighted by Crippen LogP contribution is -2.23. The van der Waals surface area contributed by atoms with Gasteiger partial charge in [0.1, 0.15) is 0 Å². The fourth-order valence-electron chi connectivity index (χ4n) is 1.81. The van der Waals surface area contributed by atoms with E-state index >= 15 is 0 Å². The Kier molecular flexibility index (Phi) is 2.13. The van der Waals surface area contributed by atoms with Gasteiger partial charge >= 0.3 is 0 Å². The van der Waals surface area contributed by atoms with E-state index in [4.69, 9.17) is 0 Å². The molecule has 1 aromatic rings. The number of benzene rings is 1. The van der Waals surface area contributed by atoms with Crippen LogP contribution in [0.5, 0.6) is 0 Å². The first-order valence-corrected chi connectivity index (χ1v) is 4.51. The second kappa shape index (κ2) is 3.29. The van der Waals surface area contributed by atoms with Crippen LogP contribution in [0.25, 0.3) is 0 Å². The van der Waals surface area contributed by atoms with Crippen molar-refractivity contribution in [3.8, 4) is 0 Å². The Labute approximate surface area is 76.6 Å². The maximum atomic E-state index is 12.4. The minimum absolute atomic E-state index is 0.0237. The number of Topliss-reactive ketones (excluding diaryl/α,β-unsaturated/α-hetero) is 1. The number of carbonyl (C=O) groups is 1. The van der Waals surface area contributed by atoms with Crippen LogP contribution in [-0.2, 0) is 6.42 Å². The van der Waals surface area contributed by atoms with Crippen LogP contribution in [0.2, 0.25) is 0 Å². The number of halogens is 1. The molecule has 1 atom stereocenters. The standard InChI is InChI=1S/C11H11FO/c12-7-9-6-5-8-3-1-2-4-10(8)11(9)13/h1-4,9H,5-7H2. The van der Waals surface area contributed by atoms with Crippen LogP contribution in [-0.4, -0.2) is 12.5 Å². The molecule has 1 unspecified atom stereocenters. The molecule has 1 aliphatic carbocycles. The van der Waals surface area contributed by atoms with E-state index in [1.807, 2.05) is 18.2 Å². The van der Waals surface area contributed by atoms with E-state index in [9.17, 15) is 9.18 Å². The molecule has 0 saturated heterocycles. The highest BCUT2D eigenvalue weighted by Crippen LogP contribution is 2.25. The Morgan fingerprint density at radius 3 is 2.92 bits per heavy atom. The molecule has 1 nitrogen and oxygen atoms in total. The molecule has 0 saturated carbocycles. The van der Waals surface area contributed by atoms with E-state index in [0.29, 0.717) is 6.42 Å². The first-order valence-electron chi connectivity index (χ1n) is 4.51. The SMILES string of the molecule is O=C1c2ccccc2CCC1CF. The van der Waals surface area contributed by atoms with Crippen molar-refractivity contribution < 1.29 is 9.18 Å². The average Bonchev–Trinajstić information content (AvgIpc) is 2.19. The summed E-state index contributed by atoms with van der Waals surface area (Å²) in [5.41, 5.74) is 1.79. The molecule has 2 heteroatoms. The summed E-state index contributed by atoms with van der Waals surface area (Å²) in [5.74, 6) is -0.417. The third-order valence-corrected chi connectivity index (χ3v) is 2.60. The lowest BCUT2D eigenvalue weighted by Gasteiger charge is -2.20. The molecule has 0 spiro atoms. The Hall–Kier alpha value is -1.18. The van der Waals surface area contributed by atoms with Gasteiger partial charge in [-0.2, -0.15) is 0 Å². The van der Waals surface area contributed by atoms with E-state index in [0.717, 1.165) is 17.5 Å². The lowest BCUT2D eigenvalue weighted by molar-refractivity contribution is 0.0880. The molecule has 1 aromatic carbocycles. The van der Waals surface area contributed by atoms with Crippen molar-refractivity contribution in [2.75, 3.05) is 6.67 Å². The third-order valence-electron chi connectivity index (χ3n) is 2.60. The molecule has 0 heterocycles. The quantitative estimate of drug-likeness (QED) is 0.645. The molecule has 0 fully saturated rings. The highest BCUT2D eigenvalue weighted by Gasteiger charge is 2.26. The second-order valence-corrected chi connectivity index (χ2v) is 3.41. The van der Waals surface area contributed by atoms with E-state index in [1.54, 1.807) is 6.07 Å². The fourth-order valence-corrected chi connectivity index (χ4v) is 1.81. The Morgan fingerprint density at radius 1 is 1.38 bits per heavy atom. The van der Waals surface area contributed by atoms with Crippen LogP contribution >= 0.6 is 0 Å². The molecular formula is C11H11FO. The summed E-state index contributed by atoms with van der Waals surface area (Å²) in [6.07, 6.45) is 1.49. The number of rotatable bonds is 1. The largest absolute Gasteiger partial charge is 0.294 e. The lowest BCUT2D eigenvalue weighted by atomic mass is 9.83. The number of fused-ring (bicyclic) bond motifs is 1. The van der Waals surface area contributed by atoms with E-state index in [-0.39, 0.29) is 5.78 Å². The first-order chi connectivity index (χ1) is 6.33. The summed E-state index contributed by atoms with van der Waals surface area (Å²) >= 11 is 0. The van der Waals surface area contributed by atoms with Crippen molar-refractivity contribution in [2.45, 2.75) is 12.8 Å². The molecule has 0 bridgehead atoms. The van der Waals surface area contributed by atoms with E-state index in [1.165, 1.54) is 0 Å². The van der Waals surface area contributed by atoms with Gasteiger partial charge in [0.25, 0.3) is 0 Å². The normalized spacial score (nSPS) is 21.3. The summed E-state index contributed by atoms with van der Waals surface area (Å²) in [6.45, 7) is -0.521. The number of hydrogen-bond acceptors (Lipinski definition) is 1. The third kappa shape index (κ3) is 1.37. The Bertz CT molecular complexity index is 333. The minimum Gasteiger partial charge on any atom is -0.294 e. The Balaban J connectivity index is 2.39. The molecule has 0 radical (unpaired) electrons. The number of hydrogen-bond donors (Lipinski definition) is 0. The summed E-state index contributed by atoms with van der Waals surface area (Å²) < 4.78 is 12.4. The van der Waals surface area contributed by atoms with Gasteiger partial charge in [0.05, 0.1) is 12.6 Å². The molecule has 0 amide bonds. The van der Waals surface area contributed by atoms with Gasteiger partial charge in [-0.1, -0.05) is 24.3 Å². The fraction of sp³-hybridized carbons (Fsp3) is 0.364. The van der Waals surface area contributed by atoms with Crippen molar-refractivity contribution in [3.63, 3.8) is 0 Å². The van der Waals surface area contributed by atoms with Crippen molar-refractivity contribution in [1.29, 1.82) is 0 Å². The minimum atomic E-state index is -0.521. The highest BCUT2D eigenvalue weighted by molar-refractivity contribution is 6.00. The topological polar surface area (TPSA) is 17.1 Å². The maximum absolute atomic E-state index is 12.4. The summed E-state index contributed by atoms with van der Waals surface area (Å²) in [5, 5.41) is 0. The van der Waals surface area contributed by atoms with Crippen molar-refractivity contribution in [3.05, 3.63) is 35.4 Å². The second-order valence-electron chi connectivity index (χ2n) is 3.41. The van der Waals surface area contributed by atoms with Crippen LogP contribution in [0.1, 0.15) is 22.3 Å². The van der Waals surface area contributed by atoms with Crippen LogP contribution in [0.3, 0.4) is 0 Å². The summed E-state index contributed by atoms with van der Waals surface area (Å²) in [6, 6.07) is 7.49. The Morgan fingerprint density at radius 2 is 2.15 bits per heavy atom. The predicted octanol–water partition coefficient (Wildman–Crippen LogP) is 2.40. The van der Waals surface area contributed by atoms with Gasteiger partial charge in [-0.15, -0.1) is 0 Å². The monoisotopic (exact) mass is 178 g/mol. The van der Waals surface area contributed by atoms with Crippen LogP contribution < -0.4 is 0 Å². The molecular weight excluding hydrogens is 167 g/mol.